The van der Waals surface area contributed by atoms with Crippen molar-refractivity contribution in [2.45, 2.75) is 341 Å². The number of unbranched alkanes of at least 4 members (excludes halogenated alkanes) is 42. The highest BCUT2D eigenvalue weighted by molar-refractivity contribution is 5.71. The number of carbonyl (C=O) groups is 3. The molecule has 0 aromatic heterocycles. The number of rotatable bonds is 55. The third-order valence-corrected chi connectivity index (χ3v) is 13.5. The molecule has 0 unspecified atom stereocenters. The van der Waals surface area contributed by atoms with Crippen molar-refractivity contribution in [1.29, 1.82) is 0 Å². The number of esters is 3. The molecule has 6 nitrogen and oxygen atoms in total. The molecule has 0 heterocycles. The fourth-order valence-electron chi connectivity index (χ4n) is 9.03. The standard InChI is InChI=1S/C60H114O6/c1-4-7-10-13-16-19-22-25-27-29-31-33-35-38-41-44-47-50-53-59(62)65-56-57(55-64-58(61)52-49-46-43-40-37-24-21-18-15-12-9-6-3)66-60(63)54-51-48-45-42-39-36-34-32-30-28-26-23-20-17-14-11-8-5-2/h18,21,57H,4-17,19-20,22-56H2,1-3H3/b21-18-/t57-/m1/s1. The van der Waals surface area contributed by atoms with E-state index in [1.54, 1.807) is 0 Å². The topological polar surface area (TPSA) is 78.9 Å². The molecular formula is C60H114O6. The zero-order valence-electron chi connectivity index (χ0n) is 44.7. The fraction of sp³-hybridized carbons (Fsp3) is 0.917. The highest BCUT2D eigenvalue weighted by Crippen LogP contribution is 2.18. The van der Waals surface area contributed by atoms with Crippen LogP contribution in [0.1, 0.15) is 335 Å². The van der Waals surface area contributed by atoms with Gasteiger partial charge in [-0.3, -0.25) is 14.4 Å². The Bertz CT molecular complexity index is 1020. The molecule has 0 rings (SSSR count). The van der Waals surface area contributed by atoms with E-state index in [4.69, 9.17) is 14.2 Å². The molecule has 0 aliphatic carbocycles. The normalized spacial score (nSPS) is 12.0. The van der Waals surface area contributed by atoms with Gasteiger partial charge in [0.2, 0.25) is 0 Å². The van der Waals surface area contributed by atoms with E-state index >= 15 is 0 Å². The van der Waals surface area contributed by atoms with Crippen LogP contribution in [0.2, 0.25) is 0 Å². The summed E-state index contributed by atoms with van der Waals surface area (Å²) in [6, 6.07) is 0. The van der Waals surface area contributed by atoms with Crippen LogP contribution < -0.4 is 0 Å². The average molecular weight is 932 g/mol. The monoisotopic (exact) mass is 931 g/mol. The van der Waals surface area contributed by atoms with Gasteiger partial charge in [0.25, 0.3) is 0 Å². The SMILES string of the molecule is CCCCC/C=C\CCCCCCCC(=O)OC[C@H](COC(=O)CCCCCCCCCCCCCCCCCCCC)OC(=O)CCCCCCCCCCCCCCCCCCCC. The first-order valence-electron chi connectivity index (χ1n) is 29.7. The molecule has 0 radical (unpaired) electrons. The van der Waals surface area contributed by atoms with Crippen molar-refractivity contribution in [2.75, 3.05) is 13.2 Å². The maximum Gasteiger partial charge on any atom is 0.306 e. The molecule has 0 fully saturated rings. The van der Waals surface area contributed by atoms with Gasteiger partial charge in [-0.1, -0.05) is 283 Å². The van der Waals surface area contributed by atoms with Crippen LogP contribution in [-0.2, 0) is 28.6 Å². The third kappa shape index (κ3) is 53.1. The summed E-state index contributed by atoms with van der Waals surface area (Å²) in [6.07, 6.45) is 63.5. The van der Waals surface area contributed by atoms with E-state index in [1.165, 1.54) is 231 Å². The first-order chi connectivity index (χ1) is 32.5. The Morgan fingerprint density at radius 3 is 0.788 bits per heavy atom. The van der Waals surface area contributed by atoms with Gasteiger partial charge in [-0.15, -0.1) is 0 Å². The maximum atomic E-state index is 12.9. The van der Waals surface area contributed by atoms with Gasteiger partial charge in [0.1, 0.15) is 13.2 Å². The van der Waals surface area contributed by atoms with Crippen molar-refractivity contribution in [3.05, 3.63) is 12.2 Å². The smallest absolute Gasteiger partial charge is 0.306 e. The summed E-state index contributed by atoms with van der Waals surface area (Å²) in [5.41, 5.74) is 0. The number of ether oxygens (including phenoxy) is 3. The highest BCUT2D eigenvalue weighted by atomic mass is 16.6. The summed E-state index contributed by atoms with van der Waals surface area (Å²) in [4.78, 5) is 38.1. The molecule has 0 N–H and O–H groups in total. The van der Waals surface area contributed by atoms with E-state index in [2.05, 4.69) is 32.9 Å². The van der Waals surface area contributed by atoms with Gasteiger partial charge >= 0.3 is 17.9 Å². The zero-order chi connectivity index (χ0) is 47.9. The molecule has 390 valence electrons. The lowest BCUT2D eigenvalue weighted by Gasteiger charge is -2.18. The van der Waals surface area contributed by atoms with Crippen LogP contribution >= 0.6 is 0 Å². The lowest BCUT2D eigenvalue weighted by Crippen LogP contribution is -2.30. The molecule has 6 heteroatoms. The summed E-state index contributed by atoms with van der Waals surface area (Å²) in [5, 5.41) is 0. The van der Waals surface area contributed by atoms with Crippen LogP contribution in [0.3, 0.4) is 0 Å². The van der Waals surface area contributed by atoms with Crippen molar-refractivity contribution in [2.24, 2.45) is 0 Å². The fourth-order valence-corrected chi connectivity index (χ4v) is 9.03. The van der Waals surface area contributed by atoms with Crippen LogP contribution in [0.15, 0.2) is 12.2 Å². The minimum atomic E-state index is -0.767. The minimum absolute atomic E-state index is 0.0664. The predicted molar refractivity (Wildman–Crippen MR) is 284 cm³/mol. The van der Waals surface area contributed by atoms with Gasteiger partial charge in [-0.25, -0.2) is 0 Å². The van der Waals surface area contributed by atoms with Gasteiger partial charge in [-0.2, -0.15) is 0 Å². The Morgan fingerprint density at radius 1 is 0.288 bits per heavy atom. The maximum absolute atomic E-state index is 12.9. The molecule has 66 heavy (non-hydrogen) atoms. The molecule has 0 bridgehead atoms. The lowest BCUT2D eigenvalue weighted by atomic mass is 10.0. The van der Waals surface area contributed by atoms with Crippen LogP contribution in [-0.4, -0.2) is 37.2 Å². The van der Waals surface area contributed by atoms with E-state index in [0.29, 0.717) is 19.3 Å². The largest absolute Gasteiger partial charge is 0.462 e. The zero-order valence-corrected chi connectivity index (χ0v) is 44.7. The minimum Gasteiger partial charge on any atom is -0.462 e. The van der Waals surface area contributed by atoms with Crippen molar-refractivity contribution in [3.8, 4) is 0 Å². The van der Waals surface area contributed by atoms with Gasteiger partial charge in [0, 0.05) is 19.3 Å². The summed E-state index contributed by atoms with van der Waals surface area (Å²) in [5.74, 6) is -0.850. The predicted octanol–water partition coefficient (Wildman–Crippen LogP) is 19.7. The molecule has 0 aliphatic rings. The molecule has 0 aromatic rings. The Hall–Kier alpha value is -1.85. The Morgan fingerprint density at radius 2 is 0.500 bits per heavy atom. The summed E-state index contributed by atoms with van der Waals surface area (Å²) >= 11 is 0. The second-order valence-corrected chi connectivity index (χ2v) is 20.3. The number of hydrogen-bond acceptors (Lipinski definition) is 6. The van der Waals surface area contributed by atoms with Crippen molar-refractivity contribution in [3.63, 3.8) is 0 Å². The van der Waals surface area contributed by atoms with E-state index in [9.17, 15) is 14.4 Å². The first-order valence-corrected chi connectivity index (χ1v) is 29.7. The van der Waals surface area contributed by atoms with Crippen molar-refractivity contribution < 1.29 is 28.6 Å². The van der Waals surface area contributed by atoms with Crippen molar-refractivity contribution >= 4 is 17.9 Å². The number of allylic oxidation sites excluding steroid dienone is 2. The molecule has 0 spiro atoms. The van der Waals surface area contributed by atoms with E-state index in [0.717, 1.165) is 64.2 Å². The van der Waals surface area contributed by atoms with E-state index in [1.807, 2.05) is 0 Å². The van der Waals surface area contributed by atoms with Crippen LogP contribution in [0, 0.1) is 0 Å². The van der Waals surface area contributed by atoms with Crippen LogP contribution in [0.4, 0.5) is 0 Å². The molecule has 0 saturated carbocycles. The van der Waals surface area contributed by atoms with Crippen LogP contribution in [0.25, 0.3) is 0 Å². The molecule has 0 aliphatic heterocycles. The molecule has 1 atom stereocenters. The Labute approximate surface area is 411 Å². The Balaban J connectivity index is 4.27. The molecule has 0 saturated heterocycles. The Kier molecular flexibility index (Phi) is 54.2. The lowest BCUT2D eigenvalue weighted by molar-refractivity contribution is -0.167. The summed E-state index contributed by atoms with van der Waals surface area (Å²) in [7, 11) is 0. The number of carbonyl (C=O) groups excluding carboxylic acids is 3. The second kappa shape index (κ2) is 55.7. The van der Waals surface area contributed by atoms with E-state index < -0.39 is 6.10 Å². The van der Waals surface area contributed by atoms with Gasteiger partial charge in [0.15, 0.2) is 6.10 Å². The van der Waals surface area contributed by atoms with Crippen LogP contribution in [0.5, 0.6) is 0 Å². The van der Waals surface area contributed by atoms with E-state index in [-0.39, 0.29) is 31.1 Å². The number of hydrogen-bond donors (Lipinski definition) is 0. The average Bonchev–Trinajstić information content (AvgIpc) is 3.31. The molecule has 0 aromatic carbocycles. The summed E-state index contributed by atoms with van der Waals surface area (Å²) < 4.78 is 16.9. The molecule has 0 amide bonds. The third-order valence-electron chi connectivity index (χ3n) is 13.5. The quantitative estimate of drug-likeness (QED) is 0.0262. The summed E-state index contributed by atoms with van der Waals surface area (Å²) in [6.45, 7) is 6.67. The highest BCUT2D eigenvalue weighted by Gasteiger charge is 2.19. The second-order valence-electron chi connectivity index (χ2n) is 20.3. The van der Waals surface area contributed by atoms with Crippen molar-refractivity contribution in [1.82, 2.24) is 0 Å². The van der Waals surface area contributed by atoms with Gasteiger partial charge < -0.3 is 14.2 Å². The molecular weight excluding hydrogens is 817 g/mol. The van der Waals surface area contributed by atoms with Gasteiger partial charge in [-0.05, 0) is 44.9 Å². The van der Waals surface area contributed by atoms with Gasteiger partial charge in [0.05, 0.1) is 0 Å². The first kappa shape index (κ1) is 64.2.